The van der Waals surface area contributed by atoms with Gasteiger partial charge in [-0.25, -0.2) is 0 Å². The highest BCUT2D eigenvalue weighted by Crippen LogP contribution is 2.45. The summed E-state index contributed by atoms with van der Waals surface area (Å²) in [7, 11) is 0. The molecule has 0 unspecified atom stereocenters. The number of amides is 2. The van der Waals surface area contributed by atoms with Crippen molar-refractivity contribution in [3.05, 3.63) is 0 Å². The first-order valence-corrected chi connectivity index (χ1v) is 3.71. The largest absolute Gasteiger partial charge is 0.369 e. The minimum atomic E-state index is -0.851. The summed E-state index contributed by atoms with van der Waals surface area (Å²) in [6.07, 6.45) is 1.21. The summed E-state index contributed by atoms with van der Waals surface area (Å²) >= 11 is 0. The van der Waals surface area contributed by atoms with Gasteiger partial charge in [-0.3, -0.25) is 9.59 Å². The number of nitrogens with two attached hydrogens (primary N) is 1. The van der Waals surface area contributed by atoms with Crippen LogP contribution in [0.4, 0.5) is 0 Å². The predicted octanol–water partition coefficient (Wildman–Crippen LogP) is -0.612. The van der Waals surface area contributed by atoms with Gasteiger partial charge in [0.05, 0.1) is 0 Å². The van der Waals surface area contributed by atoms with Gasteiger partial charge in [0.1, 0.15) is 5.41 Å². The first-order chi connectivity index (χ1) is 5.13. The van der Waals surface area contributed by atoms with Crippen molar-refractivity contribution in [1.29, 1.82) is 0 Å². The molecule has 0 aromatic rings. The van der Waals surface area contributed by atoms with Crippen molar-refractivity contribution in [2.75, 3.05) is 6.54 Å². The van der Waals surface area contributed by atoms with Gasteiger partial charge in [0.25, 0.3) is 0 Å². The van der Waals surface area contributed by atoms with E-state index in [1.165, 1.54) is 0 Å². The molecule has 0 atom stereocenters. The highest BCUT2D eigenvalue weighted by atomic mass is 16.2. The second kappa shape index (κ2) is 2.53. The lowest BCUT2D eigenvalue weighted by Crippen LogP contribution is -2.40. The zero-order valence-electron chi connectivity index (χ0n) is 6.52. The maximum Gasteiger partial charge on any atom is 0.235 e. The zero-order valence-corrected chi connectivity index (χ0v) is 6.52. The molecular weight excluding hydrogens is 144 g/mol. The van der Waals surface area contributed by atoms with E-state index in [-0.39, 0.29) is 5.91 Å². The van der Waals surface area contributed by atoms with Crippen molar-refractivity contribution in [3.8, 4) is 0 Å². The van der Waals surface area contributed by atoms with Crippen LogP contribution in [0.3, 0.4) is 0 Å². The Labute approximate surface area is 65.1 Å². The van der Waals surface area contributed by atoms with Crippen LogP contribution >= 0.6 is 0 Å². The molecule has 0 aromatic heterocycles. The molecule has 0 radical (unpaired) electrons. The Balaban J connectivity index is 2.58. The quantitative estimate of drug-likeness (QED) is 0.535. The summed E-state index contributed by atoms with van der Waals surface area (Å²) in [4.78, 5) is 21.9. The van der Waals surface area contributed by atoms with Crippen molar-refractivity contribution in [2.45, 2.75) is 19.8 Å². The van der Waals surface area contributed by atoms with E-state index in [1.54, 1.807) is 0 Å². The molecule has 2 amide bonds. The summed E-state index contributed by atoms with van der Waals surface area (Å²) in [5.74, 6) is -0.712. The Morgan fingerprint density at radius 3 is 2.36 bits per heavy atom. The van der Waals surface area contributed by atoms with Crippen LogP contribution in [0.15, 0.2) is 0 Å². The van der Waals surface area contributed by atoms with E-state index in [2.05, 4.69) is 5.32 Å². The van der Waals surface area contributed by atoms with E-state index >= 15 is 0 Å². The van der Waals surface area contributed by atoms with Crippen molar-refractivity contribution >= 4 is 11.8 Å². The third kappa shape index (κ3) is 1.20. The van der Waals surface area contributed by atoms with Crippen LogP contribution in [0.5, 0.6) is 0 Å². The zero-order chi connectivity index (χ0) is 8.48. The lowest BCUT2D eigenvalue weighted by Gasteiger charge is -2.08. The fourth-order valence-corrected chi connectivity index (χ4v) is 1.04. The van der Waals surface area contributed by atoms with E-state index in [0.29, 0.717) is 19.4 Å². The Morgan fingerprint density at radius 1 is 1.55 bits per heavy atom. The monoisotopic (exact) mass is 156 g/mol. The maximum absolute atomic E-state index is 11.2. The Kier molecular flexibility index (Phi) is 1.85. The third-order valence-electron chi connectivity index (χ3n) is 1.99. The smallest absolute Gasteiger partial charge is 0.235 e. The summed E-state index contributed by atoms with van der Waals surface area (Å²) in [5.41, 5.74) is 4.21. The van der Waals surface area contributed by atoms with Gasteiger partial charge in [0.15, 0.2) is 0 Å². The van der Waals surface area contributed by atoms with Crippen LogP contribution in [-0.2, 0) is 9.59 Å². The molecule has 1 aliphatic carbocycles. The Bertz CT molecular complexity index is 197. The van der Waals surface area contributed by atoms with E-state index in [0.717, 1.165) is 0 Å². The first-order valence-electron chi connectivity index (χ1n) is 3.71. The van der Waals surface area contributed by atoms with Crippen LogP contribution in [0.1, 0.15) is 19.8 Å². The standard InChI is InChI=1S/C7H12N2O2/c1-2-9-6(11)7(3-4-7)5(8)10/h2-4H2,1H3,(H2,8,10)(H,9,11). The SMILES string of the molecule is CCNC(=O)C1(C(N)=O)CC1. The normalized spacial score (nSPS) is 19.0. The van der Waals surface area contributed by atoms with Crippen LogP contribution in [-0.4, -0.2) is 18.4 Å². The van der Waals surface area contributed by atoms with E-state index in [9.17, 15) is 9.59 Å². The second-order valence-corrected chi connectivity index (χ2v) is 2.81. The van der Waals surface area contributed by atoms with E-state index in [1.807, 2.05) is 6.92 Å². The number of carbonyl (C=O) groups excluding carboxylic acids is 2. The lowest BCUT2D eigenvalue weighted by molar-refractivity contribution is -0.135. The molecule has 0 aromatic carbocycles. The van der Waals surface area contributed by atoms with Crippen molar-refractivity contribution in [3.63, 3.8) is 0 Å². The minimum absolute atomic E-state index is 0.215. The van der Waals surface area contributed by atoms with Crippen LogP contribution < -0.4 is 11.1 Å². The van der Waals surface area contributed by atoms with E-state index in [4.69, 9.17) is 5.73 Å². The fourth-order valence-electron chi connectivity index (χ4n) is 1.04. The lowest BCUT2D eigenvalue weighted by atomic mass is 10.1. The molecular formula is C7H12N2O2. The highest BCUT2D eigenvalue weighted by molar-refractivity contribution is 6.07. The number of primary amides is 1. The molecule has 1 rings (SSSR count). The summed E-state index contributed by atoms with van der Waals surface area (Å²) in [6.45, 7) is 2.36. The predicted molar refractivity (Wildman–Crippen MR) is 39.5 cm³/mol. The highest BCUT2D eigenvalue weighted by Gasteiger charge is 2.55. The number of hydrogen-bond donors (Lipinski definition) is 2. The van der Waals surface area contributed by atoms with Gasteiger partial charge >= 0.3 is 0 Å². The molecule has 0 saturated heterocycles. The molecule has 11 heavy (non-hydrogen) atoms. The molecule has 4 heteroatoms. The molecule has 1 saturated carbocycles. The van der Waals surface area contributed by atoms with Gasteiger partial charge in [0.2, 0.25) is 11.8 Å². The summed E-state index contributed by atoms with van der Waals surface area (Å²) in [5, 5.41) is 2.59. The Morgan fingerprint density at radius 2 is 2.09 bits per heavy atom. The van der Waals surface area contributed by atoms with Gasteiger partial charge < -0.3 is 11.1 Å². The molecule has 3 N–H and O–H groups in total. The molecule has 0 bridgehead atoms. The average molecular weight is 156 g/mol. The molecule has 4 nitrogen and oxygen atoms in total. The summed E-state index contributed by atoms with van der Waals surface area (Å²) < 4.78 is 0. The topological polar surface area (TPSA) is 72.2 Å². The number of carbonyl (C=O) groups is 2. The molecule has 0 heterocycles. The number of hydrogen-bond acceptors (Lipinski definition) is 2. The molecule has 1 aliphatic rings. The van der Waals surface area contributed by atoms with Gasteiger partial charge in [-0.05, 0) is 19.8 Å². The number of nitrogens with one attached hydrogen (secondary N) is 1. The van der Waals surface area contributed by atoms with Crippen LogP contribution in [0.2, 0.25) is 0 Å². The van der Waals surface area contributed by atoms with Crippen molar-refractivity contribution in [1.82, 2.24) is 5.32 Å². The fraction of sp³-hybridized carbons (Fsp3) is 0.714. The molecule has 0 aliphatic heterocycles. The average Bonchev–Trinajstić information content (AvgIpc) is 2.66. The molecule has 0 spiro atoms. The molecule has 1 fully saturated rings. The van der Waals surface area contributed by atoms with Gasteiger partial charge in [-0.2, -0.15) is 0 Å². The van der Waals surface area contributed by atoms with E-state index < -0.39 is 11.3 Å². The first kappa shape index (κ1) is 8.04. The third-order valence-corrected chi connectivity index (χ3v) is 1.99. The second-order valence-electron chi connectivity index (χ2n) is 2.81. The van der Waals surface area contributed by atoms with Crippen molar-refractivity contribution in [2.24, 2.45) is 11.1 Å². The van der Waals surface area contributed by atoms with Crippen LogP contribution in [0, 0.1) is 5.41 Å². The van der Waals surface area contributed by atoms with Crippen molar-refractivity contribution < 1.29 is 9.59 Å². The minimum Gasteiger partial charge on any atom is -0.369 e. The van der Waals surface area contributed by atoms with Gasteiger partial charge in [-0.1, -0.05) is 0 Å². The number of rotatable bonds is 3. The summed E-state index contributed by atoms with van der Waals surface area (Å²) in [6, 6.07) is 0. The van der Waals surface area contributed by atoms with Gasteiger partial charge in [0, 0.05) is 6.54 Å². The molecule has 62 valence electrons. The Hall–Kier alpha value is -1.06. The maximum atomic E-state index is 11.2. The van der Waals surface area contributed by atoms with Crippen LogP contribution in [0.25, 0.3) is 0 Å². The van der Waals surface area contributed by atoms with Gasteiger partial charge in [-0.15, -0.1) is 0 Å².